The third-order valence-electron chi connectivity index (χ3n) is 3.43. The van der Waals surface area contributed by atoms with E-state index in [0.717, 1.165) is 0 Å². The summed E-state index contributed by atoms with van der Waals surface area (Å²) in [5.74, 6) is 0.283. The number of tetrazole rings is 1. The Labute approximate surface area is 143 Å². The number of nitrogens with zero attached hydrogens (tertiary/aromatic N) is 4. The van der Waals surface area contributed by atoms with Crippen LogP contribution in [0, 0.1) is 5.82 Å². The summed E-state index contributed by atoms with van der Waals surface area (Å²) in [4.78, 5) is 12.2. The molecule has 25 heavy (non-hydrogen) atoms. The number of amides is 1. The normalized spacial score (nSPS) is 11.8. The van der Waals surface area contributed by atoms with Crippen molar-refractivity contribution in [1.82, 2.24) is 25.5 Å². The molecule has 0 aliphatic rings. The molecule has 0 aliphatic carbocycles. The van der Waals surface area contributed by atoms with E-state index in [-0.39, 0.29) is 12.5 Å². The van der Waals surface area contributed by atoms with Crippen LogP contribution in [0.25, 0.3) is 5.69 Å². The molecule has 7 nitrogen and oxygen atoms in total. The molecule has 8 heteroatoms. The SMILES string of the molecule is C[C@H](Oc1ccccc1)C(=O)NCc1nnnn1-c1cccc(F)c1. The maximum absolute atomic E-state index is 13.3. The maximum Gasteiger partial charge on any atom is 0.261 e. The zero-order valence-electron chi connectivity index (χ0n) is 13.5. The van der Waals surface area contributed by atoms with Gasteiger partial charge in [-0.1, -0.05) is 24.3 Å². The Kier molecular flexibility index (Phi) is 4.98. The Morgan fingerprint density at radius 2 is 2.04 bits per heavy atom. The van der Waals surface area contributed by atoms with Crippen molar-refractivity contribution in [2.75, 3.05) is 0 Å². The number of nitrogens with one attached hydrogen (secondary N) is 1. The van der Waals surface area contributed by atoms with Gasteiger partial charge < -0.3 is 10.1 Å². The molecule has 1 atom stereocenters. The van der Waals surface area contributed by atoms with E-state index < -0.39 is 11.9 Å². The Hall–Kier alpha value is -3.29. The van der Waals surface area contributed by atoms with Gasteiger partial charge in [-0.15, -0.1) is 5.10 Å². The van der Waals surface area contributed by atoms with Gasteiger partial charge in [-0.05, 0) is 47.7 Å². The lowest BCUT2D eigenvalue weighted by atomic mass is 10.3. The third kappa shape index (κ3) is 4.17. The van der Waals surface area contributed by atoms with Crippen molar-refractivity contribution >= 4 is 5.91 Å². The van der Waals surface area contributed by atoms with Crippen LogP contribution in [0.15, 0.2) is 54.6 Å². The summed E-state index contributed by atoms with van der Waals surface area (Å²) in [6.07, 6.45) is -0.680. The highest BCUT2D eigenvalue weighted by atomic mass is 19.1. The highest BCUT2D eigenvalue weighted by Crippen LogP contribution is 2.12. The molecule has 128 valence electrons. The van der Waals surface area contributed by atoms with Crippen molar-refractivity contribution in [1.29, 1.82) is 0 Å². The molecule has 1 amide bonds. The Balaban J connectivity index is 1.62. The van der Waals surface area contributed by atoms with Gasteiger partial charge >= 0.3 is 0 Å². The summed E-state index contributed by atoms with van der Waals surface area (Å²) >= 11 is 0. The molecule has 0 saturated heterocycles. The van der Waals surface area contributed by atoms with Gasteiger partial charge in [0.2, 0.25) is 0 Å². The van der Waals surface area contributed by atoms with E-state index in [1.165, 1.54) is 16.8 Å². The number of halogens is 1. The summed E-state index contributed by atoms with van der Waals surface area (Å²) in [6.45, 7) is 1.74. The molecular weight excluding hydrogens is 325 g/mol. The molecule has 0 unspecified atom stereocenters. The number of carbonyl (C=O) groups is 1. The quantitative estimate of drug-likeness (QED) is 0.740. The minimum absolute atomic E-state index is 0.0881. The van der Waals surface area contributed by atoms with Gasteiger partial charge in [-0.3, -0.25) is 4.79 Å². The minimum Gasteiger partial charge on any atom is -0.481 e. The van der Waals surface area contributed by atoms with E-state index in [2.05, 4.69) is 20.8 Å². The standard InChI is InChI=1S/C17H16FN5O2/c1-12(25-15-8-3-2-4-9-15)17(24)19-11-16-20-21-22-23(16)14-7-5-6-13(18)10-14/h2-10,12H,11H2,1H3,(H,19,24)/t12-/m0/s1. The summed E-state index contributed by atoms with van der Waals surface area (Å²) in [5, 5.41) is 14.0. The van der Waals surface area contributed by atoms with Gasteiger partial charge in [-0.2, -0.15) is 4.68 Å². The van der Waals surface area contributed by atoms with Crippen LogP contribution in [0.5, 0.6) is 5.75 Å². The summed E-state index contributed by atoms with van der Waals surface area (Å²) < 4.78 is 20.3. The van der Waals surface area contributed by atoms with Crippen LogP contribution in [0.3, 0.4) is 0 Å². The van der Waals surface area contributed by atoms with Crippen LogP contribution in [0.4, 0.5) is 4.39 Å². The van der Waals surface area contributed by atoms with Crippen LogP contribution < -0.4 is 10.1 Å². The molecule has 0 aliphatic heterocycles. The van der Waals surface area contributed by atoms with Crippen molar-refractivity contribution in [2.24, 2.45) is 0 Å². The highest BCUT2D eigenvalue weighted by molar-refractivity contribution is 5.80. The van der Waals surface area contributed by atoms with Crippen LogP contribution in [-0.2, 0) is 11.3 Å². The number of rotatable bonds is 6. The number of ether oxygens (including phenoxy) is 1. The summed E-state index contributed by atoms with van der Waals surface area (Å²) in [7, 11) is 0. The third-order valence-corrected chi connectivity index (χ3v) is 3.43. The second-order valence-corrected chi connectivity index (χ2v) is 5.28. The molecule has 2 aromatic carbocycles. The Morgan fingerprint density at radius 1 is 1.24 bits per heavy atom. The van der Waals surface area contributed by atoms with Gasteiger partial charge in [-0.25, -0.2) is 4.39 Å². The topological polar surface area (TPSA) is 81.9 Å². The fourth-order valence-corrected chi connectivity index (χ4v) is 2.19. The average Bonchev–Trinajstić information content (AvgIpc) is 3.09. The van der Waals surface area contributed by atoms with Crippen LogP contribution >= 0.6 is 0 Å². The number of hydrogen-bond acceptors (Lipinski definition) is 5. The summed E-state index contributed by atoms with van der Waals surface area (Å²) in [5.41, 5.74) is 0.475. The Morgan fingerprint density at radius 3 is 2.80 bits per heavy atom. The molecule has 1 aromatic heterocycles. The zero-order chi connectivity index (χ0) is 17.6. The first-order valence-electron chi connectivity index (χ1n) is 7.66. The van der Waals surface area contributed by atoms with E-state index in [0.29, 0.717) is 17.3 Å². The second kappa shape index (κ2) is 7.52. The van der Waals surface area contributed by atoms with Gasteiger partial charge in [0.1, 0.15) is 11.6 Å². The van der Waals surface area contributed by atoms with Crippen LogP contribution in [-0.4, -0.2) is 32.2 Å². The summed E-state index contributed by atoms with van der Waals surface area (Å²) in [6, 6.07) is 14.9. The lowest BCUT2D eigenvalue weighted by Gasteiger charge is -2.14. The van der Waals surface area contributed by atoms with Crippen molar-refractivity contribution in [3.05, 3.63) is 66.2 Å². The molecule has 0 fully saturated rings. The molecule has 3 aromatic rings. The van der Waals surface area contributed by atoms with Gasteiger partial charge in [0, 0.05) is 0 Å². The van der Waals surface area contributed by atoms with Crippen molar-refractivity contribution in [3.8, 4) is 11.4 Å². The molecule has 0 saturated carbocycles. The average molecular weight is 341 g/mol. The number of para-hydroxylation sites is 1. The molecular formula is C17H16FN5O2. The van der Waals surface area contributed by atoms with E-state index in [4.69, 9.17) is 4.74 Å². The zero-order valence-corrected chi connectivity index (χ0v) is 13.5. The first kappa shape index (κ1) is 16.6. The lowest BCUT2D eigenvalue weighted by Crippen LogP contribution is -2.36. The fraction of sp³-hybridized carbons (Fsp3) is 0.176. The first-order chi connectivity index (χ1) is 12.1. The highest BCUT2D eigenvalue weighted by Gasteiger charge is 2.16. The van der Waals surface area contributed by atoms with E-state index >= 15 is 0 Å². The molecule has 3 rings (SSSR count). The van der Waals surface area contributed by atoms with Crippen molar-refractivity contribution in [2.45, 2.75) is 19.6 Å². The van der Waals surface area contributed by atoms with Gasteiger partial charge in [0.05, 0.1) is 12.2 Å². The van der Waals surface area contributed by atoms with Gasteiger partial charge in [0.25, 0.3) is 5.91 Å². The van der Waals surface area contributed by atoms with Crippen molar-refractivity contribution in [3.63, 3.8) is 0 Å². The number of aromatic nitrogens is 4. The second-order valence-electron chi connectivity index (χ2n) is 5.28. The lowest BCUT2D eigenvalue weighted by molar-refractivity contribution is -0.127. The number of benzene rings is 2. The largest absolute Gasteiger partial charge is 0.481 e. The molecule has 1 heterocycles. The first-order valence-corrected chi connectivity index (χ1v) is 7.66. The van der Waals surface area contributed by atoms with E-state index in [1.54, 1.807) is 31.2 Å². The van der Waals surface area contributed by atoms with Crippen LogP contribution in [0.1, 0.15) is 12.7 Å². The molecule has 0 radical (unpaired) electrons. The molecule has 0 spiro atoms. The minimum atomic E-state index is -0.680. The fourth-order valence-electron chi connectivity index (χ4n) is 2.19. The number of carbonyl (C=O) groups excluding carboxylic acids is 1. The smallest absolute Gasteiger partial charge is 0.261 e. The Bertz CT molecular complexity index is 853. The van der Waals surface area contributed by atoms with E-state index in [9.17, 15) is 9.18 Å². The van der Waals surface area contributed by atoms with Crippen LogP contribution in [0.2, 0.25) is 0 Å². The molecule has 1 N–H and O–H groups in total. The maximum atomic E-state index is 13.3. The monoisotopic (exact) mass is 341 g/mol. The predicted molar refractivity (Wildman–Crippen MR) is 87.5 cm³/mol. The van der Waals surface area contributed by atoms with Crippen molar-refractivity contribution < 1.29 is 13.9 Å². The van der Waals surface area contributed by atoms with Gasteiger partial charge in [0.15, 0.2) is 11.9 Å². The van der Waals surface area contributed by atoms with E-state index in [1.807, 2.05) is 18.2 Å². The molecule has 0 bridgehead atoms. The predicted octanol–water partition coefficient (Wildman–Crippen LogP) is 1.89. The number of hydrogen-bond donors (Lipinski definition) is 1.